The van der Waals surface area contributed by atoms with Gasteiger partial charge in [0.1, 0.15) is 17.7 Å². The molecule has 6 rings (SSSR count). The molecule has 2 saturated carbocycles. The van der Waals surface area contributed by atoms with Crippen molar-refractivity contribution < 1.29 is 24.3 Å². The number of nitrogens with one attached hydrogen (secondary N) is 2. The summed E-state index contributed by atoms with van der Waals surface area (Å²) in [5.41, 5.74) is 4.57. The Morgan fingerprint density at radius 1 is 1.00 bits per heavy atom. The zero-order chi connectivity index (χ0) is 35.5. The molecule has 3 atom stereocenters. The Kier molecular flexibility index (Phi) is 10.6. The molecule has 12 heteroatoms. The van der Waals surface area contributed by atoms with Gasteiger partial charge in [-0.1, -0.05) is 86.9 Å². The first-order valence-electron chi connectivity index (χ1n) is 18.3. The average molecular weight is 686 g/mol. The van der Waals surface area contributed by atoms with E-state index in [0.717, 1.165) is 62.1 Å². The molecule has 1 aliphatic heterocycles. The van der Waals surface area contributed by atoms with Gasteiger partial charge in [0.2, 0.25) is 17.7 Å². The van der Waals surface area contributed by atoms with Crippen LogP contribution < -0.4 is 16.4 Å². The second-order valence-electron chi connectivity index (χ2n) is 15.3. The second-order valence-corrected chi connectivity index (χ2v) is 15.3. The summed E-state index contributed by atoms with van der Waals surface area (Å²) in [7, 11) is 0. The summed E-state index contributed by atoms with van der Waals surface area (Å²) < 4.78 is 1.61. The Morgan fingerprint density at radius 2 is 1.70 bits per heavy atom. The van der Waals surface area contributed by atoms with Crippen LogP contribution in [0.5, 0.6) is 0 Å². The van der Waals surface area contributed by atoms with E-state index >= 15 is 0 Å². The monoisotopic (exact) mass is 685 g/mol. The van der Waals surface area contributed by atoms with Crippen LogP contribution in [0.25, 0.3) is 10.8 Å². The molecule has 2 heterocycles. The van der Waals surface area contributed by atoms with Crippen LogP contribution in [0.3, 0.4) is 0 Å². The fraction of sp³-hybridized carbons (Fsp3) is 0.579. The molecule has 0 unspecified atom stereocenters. The van der Waals surface area contributed by atoms with Gasteiger partial charge in [-0.3, -0.25) is 19.2 Å². The van der Waals surface area contributed by atoms with Crippen molar-refractivity contribution in [1.82, 2.24) is 30.5 Å². The molecule has 0 spiro atoms. The summed E-state index contributed by atoms with van der Waals surface area (Å²) in [4.78, 5) is 56.8. The molecular formula is C38H51N7O5. The van der Waals surface area contributed by atoms with Gasteiger partial charge < -0.3 is 26.4 Å². The third-order valence-electron chi connectivity index (χ3n) is 11.0. The minimum absolute atomic E-state index is 0.0287. The summed E-state index contributed by atoms with van der Waals surface area (Å²) in [5, 5.41) is 27.4. The van der Waals surface area contributed by atoms with Crippen LogP contribution in [0, 0.1) is 5.92 Å². The lowest BCUT2D eigenvalue weighted by atomic mass is 9.78. The van der Waals surface area contributed by atoms with Crippen LogP contribution in [0.1, 0.15) is 119 Å². The van der Waals surface area contributed by atoms with E-state index in [1.165, 1.54) is 6.20 Å². The Balaban J connectivity index is 1.32. The summed E-state index contributed by atoms with van der Waals surface area (Å²) >= 11 is 0. The zero-order valence-electron chi connectivity index (χ0n) is 29.3. The molecular weight excluding hydrogens is 634 g/mol. The maximum absolute atomic E-state index is 14.8. The number of carbonyl (C=O) groups excluding carboxylic acids is 4. The van der Waals surface area contributed by atoms with Gasteiger partial charge in [-0.15, -0.1) is 5.10 Å². The Hall–Kier alpha value is -4.32. The van der Waals surface area contributed by atoms with Crippen molar-refractivity contribution in [2.75, 3.05) is 6.54 Å². The van der Waals surface area contributed by atoms with Crippen molar-refractivity contribution in [2.24, 2.45) is 11.7 Å². The molecule has 3 fully saturated rings. The lowest BCUT2D eigenvalue weighted by molar-refractivity contribution is -0.141. The molecule has 1 saturated heterocycles. The number of fused-ring (bicyclic) bond motifs is 1. The number of aliphatic hydroxyl groups is 1. The first-order valence-corrected chi connectivity index (χ1v) is 18.3. The second kappa shape index (κ2) is 14.9. The van der Waals surface area contributed by atoms with Crippen LogP contribution in [0.2, 0.25) is 0 Å². The molecule has 3 aliphatic rings. The maximum Gasteiger partial charge on any atom is 0.251 e. The van der Waals surface area contributed by atoms with E-state index in [4.69, 9.17) is 5.73 Å². The zero-order valence-corrected chi connectivity index (χ0v) is 29.3. The third kappa shape index (κ3) is 8.01. The van der Waals surface area contributed by atoms with Gasteiger partial charge in [0, 0.05) is 30.5 Å². The van der Waals surface area contributed by atoms with Crippen LogP contribution in [-0.2, 0) is 20.0 Å². The number of aromatic nitrogens is 3. The highest BCUT2D eigenvalue weighted by molar-refractivity contribution is 6.01. The highest BCUT2D eigenvalue weighted by atomic mass is 16.3. The molecule has 50 heavy (non-hydrogen) atoms. The normalized spacial score (nSPS) is 21.9. The SMILES string of the molecule is CC(C)(O)c1cnnn1[C@H]1C[C@@H](C(=O)NC2(CC(N)=O)CCCCC2)N(C(=O)[C@@H](CC2CCCCC2)NC(=O)c2ccc3ccccc3c2)C1. The topological polar surface area (TPSA) is 173 Å². The van der Waals surface area contributed by atoms with Gasteiger partial charge in [-0.25, -0.2) is 4.68 Å². The first-order chi connectivity index (χ1) is 23.9. The van der Waals surface area contributed by atoms with E-state index in [2.05, 4.69) is 20.9 Å². The quantitative estimate of drug-likeness (QED) is 0.233. The minimum Gasteiger partial charge on any atom is -0.384 e. The number of nitrogens with zero attached hydrogens (tertiary/aromatic N) is 4. The van der Waals surface area contributed by atoms with E-state index in [1.807, 2.05) is 36.4 Å². The van der Waals surface area contributed by atoms with Crippen molar-refractivity contribution in [1.29, 1.82) is 0 Å². The fourth-order valence-corrected chi connectivity index (χ4v) is 8.44. The number of hydrogen-bond acceptors (Lipinski definition) is 7. The standard InChI is InChI=1S/C38H51N7O5/c1-37(2,50)32-23-40-43-45(32)29-21-31(35(48)42-38(22-33(39)46)17-9-4-10-18-38)44(24-29)36(49)30(19-25-11-5-3-6-12-25)41-34(47)28-16-15-26-13-7-8-14-27(26)20-28/h7-8,13-16,20,23,25,29-31,50H,3-6,9-12,17-19,21-22,24H2,1-2H3,(H2,39,46)(H,41,47)(H,42,48)/t29-,30+,31-/m0/s1. The van der Waals surface area contributed by atoms with E-state index < -0.39 is 35.2 Å². The molecule has 0 bridgehead atoms. The highest BCUT2D eigenvalue weighted by Crippen LogP contribution is 2.36. The van der Waals surface area contributed by atoms with Gasteiger partial charge in [0.15, 0.2) is 0 Å². The van der Waals surface area contributed by atoms with E-state index in [9.17, 15) is 24.3 Å². The van der Waals surface area contributed by atoms with Gasteiger partial charge in [0.25, 0.3) is 5.91 Å². The number of rotatable bonds is 11. The van der Waals surface area contributed by atoms with E-state index in [0.29, 0.717) is 30.5 Å². The molecule has 1 aromatic heterocycles. The van der Waals surface area contributed by atoms with Gasteiger partial charge >= 0.3 is 0 Å². The first kappa shape index (κ1) is 35.5. The number of nitrogens with two attached hydrogens (primary N) is 1. The molecule has 2 aromatic carbocycles. The van der Waals surface area contributed by atoms with Crippen molar-refractivity contribution in [2.45, 2.75) is 127 Å². The van der Waals surface area contributed by atoms with Crippen LogP contribution in [-0.4, -0.2) is 72.8 Å². The van der Waals surface area contributed by atoms with Crippen LogP contribution in [0.15, 0.2) is 48.7 Å². The Bertz CT molecular complexity index is 1700. The number of amides is 4. The van der Waals surface area contributed by atoms with Crippen molar-refractivity contribution >= 4 is 34.4 Å². The number of hydrogen-bond donors (Lipinski definition) is 4. The molecule has 268 valence electrons. The molecule has 2 aliphatic carbocycles. The average Bonchev–Trinajstić information content (AvgIpc) is 3.77. The van der Waals surface area contributed by atoms with Crippen LogP contribution >= 0.6 is 0 Å². The fourth-order valence-electron chi connectivity index (χ4n) is 8.44. The van der Waals surface area contributed by atoms with E-state index in [-0.39, 0.29) is 43.0 Å². The number of likely N-dealkylation sites (tertiary alicyclic amines) is 1. The maximum atomic E-state index is 14.8. The highest BCUT2D eigenvalue weighted by Gasteiger charge is 2.47. The summed E-state index contributed by atoms with van der Waals surface area (Å²) in [6, 6.07) is 11.1. The summed E-state index contributed by atoms with van der Waals surface area (Å²) in [6.07, 6.45) is 11.5. The Morgan fingerprint density at radius 3 is 2.40 bits per heavy atom. The van der Waals surface area contributed by atoms with Crippen molar-refractivity contribution in [3.05, 3.63) is 59.9 Å². The lowest BCUT2D eigenvalue weighted by Crippen LogP contribution is -2.59. The number of primary amides is 1. The van der Waals surface area contributed by atoms with Crippen LogP contribution in [0.4, 0.5) is 0 Å². The number of benzene rings is 2. The summed E-state index contributed by atoms with van der Waals surface area (Å²) in [6.45, 7) is 3.42. The van der Waals surface area contributed by atoms with E-state index in [1.54, 1.807) is 29.5 Å². The third-order valence-corrected chi connectivity index (χ3v) is 11.0. The largest absolute Gasteiger partial charge is 0.384 e. The predicted octanol–water partition coefficient (Wildman–Crippen LogP) is 4.26. The van der Waals surface area contributed by atoms with Gasteiger partial charge in [-0.2, -0.15) is 0 Å². The smallest absolute Gasteiger partial charge is 0.251 e. The molecule has 12 nitrogen and oxygen atoms in total. The van der Waals surface area contributed by atoms with Crippen molar-refractivity contribution in [3.8, 4) is 0 Å². The van der Waals surface area contributed by atoms with Crippen molar-refractivity contribution in [3.63, 3.8) is 0 Å². The minimum atomic E-state index is -1.26. The Labute approximate surface area is 293 Å². The molecule has 5 N–H and O–H groups in total. The van der Waals surface area contributed by atoms with Gasteiger partial charge in [0.05, 0.1) is 17.9 Å². The lowest BCUT2D eigenvalue weighted by Gasteiger charge is -2.39. The molecule has 0 radical (unpaired) electrons. The predicted molar refractivity (Wildman–Crippen MR) is 189 cm³/mol. The van der Waals surface area contributed by atoms with Gasteiger partial charge in [-0.05, 0) is 61.9 Å². The summed E-state index contributed by atoms with van der Waals surface area (Å²) in [5.74, 6) is -1.25. The molecule has 3 aromatic rings. The molecule has 4 amide bonds. The number of carbonyl (C=O) groups is 4.